The molecule has 2 aromatic rings. The highest BCUT2D eigenvalue weighted by Crippen LogP contribution is 2.22. The van der Waals surface area contributed by atoms with Gasteiger partial charge in [0.1, 0.15) is 0 Å². The van der Waals surface area contributed by atoms with E-state index in [0.717, 1.165) is 16.5 Å². The number of hydrogen-bond acceptors (Lipinski definition) is 3. The van der Waals surface area contributed by atoms with Crippen LogP contribution in [0.2, 0.25) is 0 Å². The molecule has 0 aliphatic carbocycles. The number of aliphatic carboxylic acids is 1. The van der Waals surface area contributed by atoms with E-state index in [1.807, 2.05) is 24.3 Å². The van der Waals surface area contributed by atoms with Crippen LogP contribution in [0, 0.1) is 5.41 Å². The Kier molecular flexibility index (Phi) is 4.09. The zero-order chi connectivity index (χ0) is 15.6. The summed E-state index contributed by atoms with van der Waals surface area (Å²) >= 11 is 0. The van der Waals surface area contributed by atoms with Crippen LogP contribution in [-0.2, 0) is 4.79 Å². The topological polar surface area (TPSA) is 70.4 Å². The summed E-state index contributed by atoms with van der Waals surface area (Å²) in [5.74, 6) is -0.867. The monoisotopic (exact) mass is 285 g/mol. The second-order valence-electron chi connectivity index (χ2n) is 5.72. The molecule has 1 aromatic heterocycles. The highest BCUT2D eigenvalue weighted by molar-refractivity contribution is 5.82. The average Bonchev–Trinajstić information content (AvgIpc) is 2.44. The van der Waals surface area contributed by atoms with E-state index in [-0.39, 0.29) is 0 Å². The summed E-state index contributed by atoms with van der Waals surface area (Å²) in [5, 5.41) is 19.7. The van der Waals surface area contributed by atoms with Gasteiger partial charge >= 0.3 is 5.97 Å². The highest BCUT2D eigenvalue weighted by Gasteiger charge is 2.22. The minimum Gasteiger partial charge on any atom is -0.481 e. The molecule has 1 atom stereocenters. The lowest BCUT2D eigenvalue weighted by atomic mass is 9.92. The molecule has 1 aromatic carbocycles. The number of carboxylic acids is 1. The van der Waals surface area contributed by atoms with Crippen molar-refractivity contribution in [1.82, 2.24) is 4.98 Å². The molecule has 0 radical (unpaired) electrons. The molecular weight excluding hydrogens is 266 g/mol. The lowest BCUT2D eigenvalue weighted by Crippen LogP contribution is -2.20. The van der Waals surface area contributed by atoms with E-state index in [9.17, 15) is 9.90 Å². The second-order valence-corrected chi connectivity index (χ2v) is 5.72. The van der Waals surface area contributed by atoms with Crippen molar-refractivity contribution in [3.63, 3.8) is 0 Å². The summed E-state index contributed by atoms with van der Waals surface area (Å²) in [5.41, 5.74) is 1.37. The maximum atomic E-state index is 11.1. The maximum Gasteiger partial charge on any atom is 0.312 e. The molecule has 0 aliphatic rings. The summed E-state index contributed by atoms with van der Waals surface area (Å²) in [6.45, 7) is 4.97. The molecule has 1 heterocycles. The van der Waals surface area contributed by atoms with Crippen molar-refractivity contribution in [2.45, 2.75) is 26.9 Å². The molecule has 2 rings (SSSR count). The number of fused-ring (bicyclic) bond motifs is 1. The number of carboxylic acid groups (broad SMARTS) is 1. The third kappa shape index (κ3) is 3.47. The number of aliphatic hydroxyl groups is 1. The fraction of sp³-hybridized carbons (Fsp3) is 0.294. The fourth-order valence-electron chi connectivity index (χ4n) is 1.86. The maximum absolute atomic E-state index is 11.1. The van der Waals surface area contributed by atoms with Crippen LogP contribution >= 0.6 is 0 Å². The van der Waals surface area contributed by atoms with E-state index in [2.05, 4.69) is 4.98 Å². The molecule has 1 unspecified atom stereocenters. The third-order valence-corrected chi connectivity index (χ3v) is 3.41. The molecule has 0 bridgehead atoms. The van der Waals surface area contributed by atoms with Crippen molar-refractivity contribution in [2.24, 2.45) is 5.41 Å². The summed E-state index contributed by atoms with van der Waals surface area (Å²) in [7, 11) is 0. The number of aromatic nitrogens is 1. The number of hydrogen-bond donors (Lipinski definition) is 2. The summed E-state index contributed by atoms with van der Waals surface area (Å²) < 4.78 is 0. The predicted octanol–water partition coefficient (Wildman–Crippen LogP) is 3.41. The number of pyridine rings is 1. The van der Waals surface area contributed by atoms with Crippen LogP contribution in [-0.4, -0.2) is 21.2 Å². The number of aliphatic hydroxyl groups excluding tert-OH is 1. The third-order valence-electron chi connectivity index (χ3n) is 3.41. The zero-order valence-corrected chi connectivity index (χ0v) is 12.4. The van der Waals surface area contributed by atoms with Crippen molar-refractivity contribution < 1.29 is 15.0 Å². The first-order valence-corrected chi connectivity index (χ1v) is 6.81. The summed E-state index contributed by atoms with van der Waals surface area (Å²) in [6, 6.07) is 9.45. The van der Waals surface area contributed by atoms with E-state index >= 15 is 0 Å². The fourth-order valence-corrected chi connectivity index (χ4v) is 1.86. The molecule has 0 aliphatic heterocycles. The number of nitrogens with zero attached hydrogens (tertiary/aromatic N) is 1. The average molecular weight is 285 g/mol. The first-order chi connectivity index (χ1) is 9.79. The molecular formula is C17H19NO3. The minimum absolute atomic E-state index is 0.612. The quantitative estimate of drug-likeness (QED) is 0.903. The Hall–Kier alpha value is -2.20. The number of carbonyl (C=O) groups is 1. The number of benzene rings is 1. The van der Waals surface area contributed by atoms with Gasteiger partial charge in [0.2, 0.25) is 0 Å². The van der Waals surface area contributed by atoms with Crippen LogP contribution in [0.15, 0.2) is 36.4 Å². The Labute approximate surface area is 123 Å². The minimum atomic E-state index is -0.913. The van der Waals surface area contributed by atoms with Gasteiger partial charge in [-0.3, -0.25) is 9.78 Å². The van der Waals surface area contributed by atoms with E-state index < -0.39 is 17.5 Å². The predicted molar refractivity (Wildman–Crippen MR) is 82.8 cm³/mol. The Bertz CT molecular complexity index is 702. The van der Waals surface area contributed by atoms with Crippen LogP contribution in [0.3, 0.4) is 0 Å². The van der Waals surface area contributed by atoms with Crippen LogP contribution in [0.5, 0.6) is 0 Å². The Morgan fingerprint density at radius 3 is 2.57 bits per heavy atom. The number of rotatable bonds is 4. The first kappa shape index (κ1) is 15.2. The summed E-state index contributed by atoms with van der Waals surface area (Å²) in [4.78, 5) is 15.5. The zero-order valence-electron chi connectivity index (χ0n) is 12.4. The molecule has 2 N–H and O–H groups in total. The smallest absolute Gasteiger partial charge is 0.312 e. The van der Waals surface area contributed by atoms with E-state index in [1.165, 1.54) is 0 Å². The van der Waals surface area contributed by atoms with Crippen LogP contribution in [0.25, 0.3) is 17.0 Å². The highest BCUT2D eigenvalue weighted by atomic mass is 16.4. The van der Waals surface area contributed by atoms with Gasteiger partial charge in [-0.15, -0.1) is 0 Å². The van der Waals surface area contributed by atoms with Gasteiger partial charge in [0.05, 0.1) is 22.7 Å². The van der Waals surface area contributed by atoms with Crippen molar-refractivity contribution in [2.75, 3.05) is 0 Å². The molecule has 0 fully saturated rings. The molecule has 0 amide bonds. The Morgan fingerprint density at radius 1 is 1.29 bits per heavy atom. The Balaban J connectivity index is 2.38. The molecule has 0 saturated carbocycles. The van der Waals surface area contributed by atoms with Gasteiger partial charge in [0, 0.05) is 5.39 Å². The normalized spacial score (nSPS) is 13.7. The van der Waals surface area contributed by atoms with Crippen molar-refractivity contribution >= 4 is 22.9 Å². The molecule has 110 valence electrons. The molecule has 0 spiro atoms. The van der Waals surface area contributed by atoms with Gasteiger partial charge < -0.3 is 10.2 Å². The van der Waals surface area contributed by atoms with Gasteiger partial charge in [-0.25, -0.2) is 0 Å². The van der Waals surface area contributed by atoms with Gasteiger partial charge in [0.25, 0.3) is 0 Å². The molecule has 4 heteroatoms. The van der Waals surface area contributed by atoms with Gasteiger partial charge in [-0.05, 0) is 38.5 Å². The summed E-state index contributed by atoms with van der Waals surface area (Å²) in [6.07, 6.45) is 2.83. The largest absolute Gasteiger partial charge is 0.481 e. The Morgan fingerprint density at radius 2 is 1.95 bits per heavy atom. The van der Waals surface area contributed by atoms with Crippen molar-refractivity contribution in [3.05, 3.63) is 47.7 Å². The standard InChI is InChI=1S/C17H19NO3/c1-11(19)14-7-6-13-5-4-12(10-15(13)18-14)8-9-17(2,3)16(20)21/h4-11,19H,1-3H3,(H,20,21). The molecule has 0 saturated heterocycles. The van der Waals surface area contributed by atoms with E-state index in [1.54, 1.807) is 39.0 Å². The van der Waals surface area contributed by atoms with Crippen LogP contribution in [0.4, 0.5) is 0 Å². The first-order valence-electron chi connectivity index (χ1n) is 6.81. The van der Waals surface area contributed by atoms with Crippen molar-refractivity contribution in [3.8, 4) is 0 Å². The lowest BCUT2D eigenvalue weighted by molar-refractivity contribution is -0.144. The van der Waals surface area contributed by atoms with E-state index in [4.69, 9.17) is 5.11 Å². The molecule has 4 nitrogen and oxygen atoms in total. The van der Waals surface area contributed by atoms with Crippen LogP contribution < -0.4 is 0 Å². The van der Waals surface area contributed by atoms with Gasteiger partial charge in [-0.2, -0.15) is 0 Å². The van der Waals surface area contributed by atoms with Gasteiger partial charge in [-0.1, -0.05) is 30.4 Å². The van der Waals surface area contributed by atoms with Gasteiger partial charge in [0.15, 0.2) is 0 Å². The molecule has 21 heavy (non-hydrogen) atoms. The lowest BCUT2D eigenvalue weighted by Gasteiger charge is -2.13. The van der Waals surface area contributed by atoms with E-state index in [0.29, 0.717) is 5.69 Å². The van der Waals surface area contributed by atoms with Crippen LogP contribution in [0.1, 0.15) is 38.1 Å². The van der Waals surface area contributed by atoms with Crippen molar-refractivity contribution in [1.29, 1.82) is 0 Å². The SMILES string of the molecule is CC(O)c1ccc2ccc(C=CC(C)(C)C(=O)O)cc2n1. The second kappa shape index (κ2) is 5.66.